The molecule has 12 aliphatic rings. The predicted octanol–water partition coefficient (Wildman–Crippen LogP) is 10.1. The quantitative estimate of drug-likeness (QED) is 0.0923. The number of carbonyl (C=O) groups is 3. The summed E-state index contributed by atoms with van der Waals surface area (Å²) in [6.07, 6.45) is 30.2. The van der Waals surface area contributed by atoms with E-state index in [0.29, 0.717) is 46.4 Å². The van der Waals surface area contributed by atoms with Crippen LogP contribution in [-0.4, -0.2) is 67.1 Å². The van der Waals surface area contributed by atoms with Crippen LogP contribution in [0.25, 0.3) is 0 Å². The van der Waals surface area contributed by atoms with Crippen molar-refractivity contribution in [1.29, 1.82) is 0 Å². The summed E-state index contributed by atoms with van der Waals surface area (Å²) in [7, 11) is 0. The number of carbonyl (C=O) groups excluding carboxylic acids is 3. The predicted molar refractivity (Wildman–Crippen MR) is 273 cm³/mol. The van der Waals surface area contributed by atoms with E-state index >= 15 is 0 Å². The van der Waals surface area contributed by atoms with Gasteiger partial charge in [-0.3, -0.25) is 28.8 Å². The van der Waals surface area contributed by atoms with Crippen LogP contribution in [0, 0.1) is 69.5 Å². The van der Waals surface area contributed by atoms with Crippen molar-refractivity contribution in [3.63, 3.8) is 0 Å². The van der Waals surface area contributed by atoms with Crippen LogP contribution in [0.1, 0.15) is 158 Å². The monoisotopic (exact) mass is 958 g/mol. The first-order valence-electron chi connectivity index (χ1n) is 27.6. The van der Waals surface area contributed by atoms with Gasteiger partial charge in [-0.15, -0.1) is 0 Å². The number of H-pyrrole nitrogens is 1. The second-order valence-corrected chi connectivity index (χ2v) is 25.0. The molecule has 3 heterocycles. The van der Waals surface area contributed by atoms with Gasteiger partial charge in [-0.25, -0.2) is 0 Å². The molecule has 12 nitrogen and oxygen atoms in total. The second kappa shape index (κ2) is 19.5. The smallest absolute Gasteiger partial charge is 0.271 e. The van der Waals surface area contributed by atoms with E-state index < -0.39 is 0 Å². The van der Waals surface area contributed by atoms with Crippen LogP contribution in [0.3, 0.4) is 0 Å². The number of aromatic amines is 1. The lowest BCUT2D eigenvalue weighted by molar-refractivity contribution is -0.0504. The molecular weight excluding hydrogens is 883 g/mol. The molecule has 4 N–H and O–H groups in total. The molecule has 71 heavy (non-hydrogen) atoms. The number of hydrogen-bond donors (Lipinski definition) is 4. The van der Waals surface area contributed by atoms with Crippen molar-refractivity contribution in [2.75, 3.05) is 19.6 Å². The number of aromatic nitrogens is 6. The zero-order valence-corrected chi connectivity index (χ0v) is 41.7. The maximum atomic E-state index is 12.8. The van der Waals surface area contributed by atoms with E-state index in [1.807, 2.05) is 64.1 Å². The molecule has 2 aromatic carbocycles. The lowest BCUT2D eigenvalue weighted by Gasteiger charge is -2.56. The molecule has 3 amide bonds. The van der Waals surface area contributed by atoms with Gasteiger partial charge in [0, 0.05) is 38.2 Å². The highest BCUT2D eigenvalue weighted by Crippen LogP contribution is 2.62. The van der Waals surface area contributed by atoms with E-state index in [1.54, 1.807) is 18.5 Å². The Morgan fingerprint density at radius 2 is 0.915 bits per heavy atom. The lowest BCUT2D eigenvalue weighted by atomic mass is 9.49. The van der Waals surface area contributed by atoms with Crippen molar-refractivity contribution < 1.29 is 14.4 Å². The van der Waals surface area contributed by atoms with Crippen molar-refractivity contribution in [3.8, 4) is 0 Å². The first-order valence-corrected chi connectivity index (χ1v) is 27.6. The van der Waals surface area contributed by atoms with Crippen molar-refractivity contribution in [2.45, 2.75) is 129 Å². The van der Waals surface area contributed by atoms with Crippen LogP contribution in [0.4, 0.5) is 0 Å². The van der Waals surface area contributed by atoms with Gasteiger partial charge in [0.05, 0.1) is 13.1 Å². The van der Waals surface area contributed by atoms with Crippen LogP contribution in [-0.2, 0) is 13.1 Å². The summed E-state index contributed by atoms with van der Waals surface area (Å²) in [5, 5.41) is 25.0. The summed E-state index contributed by atoms with van der Waals surface area (Å²) in [5.74, 6) is 8.33. The highest BCUT2D eigenvalue weighted by molar-refractivity contribution is 5.93. The Kier molecular flexibility index (Phi) is 12.8. The Morgan fingerprint density at radius 3 is 1.35 bits per heavy atom. The summed E-state index contributed by atoms with van der Waals surface area (Å²) in [6, 6.07) is 25.8. The molecular formula is C59H75N9O3. The van der Waals surface area contributed by atoms with Crippen molar-refractivity contribution in [2.24, 2.45) is 69.5 Å². The lowest BCUT2D eigenvalue weighted by Crippen LogP contribution is -2.51. The van der Waals surface area contributed by atoms with Gasteiger partial charge in [-0.2, -0.15) is 15.3 Å². The van der Waals surface area contributed by atoms with Crippen LogP contribution in [0.5, 0.6) is 0 Å². The molecule has 0 saturated heterocycles. The summed E-state index contributed by atoms with van der Waals surface area (Å²) in [4.78, 5) is 37.5. The Morgan fingerprint density at radius 1 is 0.493 bits per heavy atom. The Hall–Kier alpha value is -5.52. The maximum Gasteiger partial charge on any atom is 0.271 e. The molecule has 0 atom stereocenters. The zero-order valence-electron chi connectivity index (χ0n) is 41.7. The molecule has 0 radical (unpaired) electrons. The number of benzene rings is 2. The molecule has 12 heteroatoms. The minimum atomic E-state index is -0.0208. The first kappa shape index (κ1) is 46.5. The molecule has 0 unspecified atom stereocenters. The summed E-state index contributed by atoms with van der Waals surface area (Å²) >= 11 is 0. The van der Waals surface area contributed by atoms with E-state index in [0.717, 1.165) is 78.5 Å². The van der Waals surface area contributed by atoms with Crippen LogP contribution in [0.15, 0.2) is 97.5 Å². The fraction of sp³-hybridized carbons (Fsp3) is 0.593. The number of amides is 3. The van der Waals surface area contributed by atoms with E-state index in [1.165, 1.54) is 121 Å². The fourth-order valence-electron chi connectivity index (χ4n) is 17.7. The highest BCUT2D eigenvalue weighted by atomic mass is 16.2. The fourth-order valence-corrected chi connectivity index (χ4v) is 17.7. The van der Waals surface area contributed by atoms with Gasteiger partial charge in [-0.05, 0) is 214 Å². The van der Waals surface area contributed by atoms with Gasteiger partial charge < -0.3 is 16.0 Å². The topological polar surface area (TPSA) is 152 Å². The van der Waals surface area contributed by atoms with Crippen LogP contribution >= 0.6 is 0 Å². The molecule has 374 valence electrons. The minimum absolute atomic E-state index is 0.00625. The largest absolute Gasteiger partial charge is 0.350 e. The molecule has 12 aliphatic carbocycles. The summed E-state index contributed by atoms with van der Waals surface area (Å²) in [6.45, 7) is 3.86. The third kappa shape index (κ3) is 10.4. The number of nitrogens with zero attached hydrogens (tertiary/aromatic N) is 5. The van der Waals surface area contributed by atoms with E-state index in [2.05, 4.69) is 60.6 Å². The number of nitrogens with one attached hydrogen (secondary N) is 4. The van der Waals surface area contributed by atoms with Crippen molar-refractivity contribution in [1.82, 2.24) is 45.7 Å². The molecule has 12 fully saturated rings. The molecule has 12 saturated carbocycles. The van der Waals surface area contributed by atoms with E-state index in [9.17, 15) is 14.4 Å². The summed E-state index contributed by atoms with van der Waals surface area (Å²) < 4.78 is 3.65. The first-order chi connectivity index (χ1) is 34.6. The number of rotatable bonds is 13. The van der Waals surface area contributed by atoms with Crippen molar-refractivity contribution >= 4 is 17.7 Å². The van der Waals surface area contributed by atoms with Gasteiger partial charge >= 0.3 is 0 Å². The van der Waals surface area contributed by atoms with Gasteiger partial charge in [0.2, 0.25) is 0 Å². The summed E-state index contributed by atoms with van der Waals surface area (Å²) in [5.41, 5.74) is 5.27. The molecule has 12 bridgehead atoms. The Bertz CT molecular complexity index is 2530. The molecule has 17 rings (SSSR count). The zero-order chi connectivity index (χ0) is 48.0. The molecule has 5 aromatic rings. The molecule has 0 spiro atoms. The SMILES string of the molecule is O=C(NCC12CC3CC(CC(C3)C1)C2)c1ccn(Cc2ccccc2)n1.O=C(NCC12CC3CC(CC(C3)C1)C2)c1ccn[nH]1.O=C(NCC12CC3CC(CC(C3)C1)C2)c1ccnn1Cc1ccccc1. The molecule has 0 aliphatic heterocycles. The average molecular weight is 958 g/mol. The van der Waals surface area contributed by atoms with Gasteiger partial charge in [0.1, 0.15) is 17.1 Å². The third-order valence-corrected chi connectivity index (χ3v) is 19.3. The molecule has 3 aromatic heterocycles. The Labute approximate surface area is 419 Å². The van der Waals surface area contributed by atoms with E-state index in [-0.39, 0.29) is 17.7 Å². The second-order valence-electron chi connectivity index (χ2n) is 25.0. The van der Waals surface area contributed by atoms with Gasteiger partial charge in [0.25, 0.3) is 17.7 Å². The standard InChI is InChI=1S/2C22H27N3O.C15H21N3O/c26-21(20-6-7-25(24-20)14-16-4-2-1-3-5-16)23-15-22-11-17-8-18(12-22)10-19(9-17)13-22;26-21(20-6-7-24-25(20)14-16-4-2-1-3-5-16)23-15-22-11-17-8-18(12-22)10-19(9-17)13-22;19-14(13-1-2-17-18-13)16-9-15-6-10-3-11(7-15)5-12(4-10)8-15/h2*1-7,17-19H,8-15H2,(H,23,26);1-2,10-12H,3-9H2,(H,16,19)(H,17,18). The normalized spacial score (nSPS) is 33.9. The van der Waals surface area contributed by atoms with Crippen molar-refractivity contribution in [3.05, 3.63) is 126 Å². The van der Waals surface area contributed by atoms with Crippen LogP contribution < -0.4 is 16.0 Å². The van der Waals surface area contributed by atoms with Gasteiger partial charge in [-0.1, -0.05) is 60.7 Å². The van der Waals surface area contributed by atoms with Crippen LogP contribution in [0.2, 0.25) is 0 Å². The maximum absolute atomic E-state index is 12.8. The third-order valence-electron chi connectivity index (χ3n) is 19.3. The average Bonchev–Trinajstić information content (AvgIpc) is 4.16. The van der Waals surface area contributed by atoms with Gasteiger partial charge in [0.15, 0.2) is 0 Å². The Balaban J connectivity index is 0.000000111. The minimum Gasteiger partial charge on any atom is -0.350 e. The van der Waals surface area contributed by atoms with E-state index in [4.69, 9.17) is 0 Å². The highest BCUT2D eigenvalue weighted by Gasteiger charge is 2.53. The number of hydrogen-bond acceptors (Lipinski definition) is 6.